The van der Waals surface area contributed by atoms with Crippen LogP contribution in [0.2, 0.25) is 0 Å². The van der Waals surface area contributed by atoms with E-state index in [0.717, 1.165) is 25.4 Å². The van der Waals surface area contributed by atoms with Crippen LogP contribution in [0.3, 0.4) is 0 Å². The minimum atomic E-state index is -0.439. The fourth-order valence-electron chi connectivity index (χ4n) is 3.05. The van der Waals surface area contributed by atoms with Gasteiger partial charge >= 0.3 is 6.09 Å². The van der Waals surface area contributed by atoms with Crippen molar-refractivity contribution in [3.8, 4) is 0 Å². The Morgan fingerprint density at radius 3 is 2.73 bits per heavy atom. The van der Waals surface area contributed by atoms with Crippen molar-refractivity contribution >= 4 is 6.09 Å². The summed E-state index contributed by atoms with van der Waals surface area (Å²) in [6.07, 6.45) is 5.46. The fourth-order valence-corrected chi connectivity index (χ4v) is 3.05. The molecule has 22 heavy (non-hydrogen) atoms. The molecule has 0 spiro atoms. The minimum absolute atomic E-state index is 0.120. The highest BCUT2D eigenvalue weighted by molar-refractivity contribution is 5.67. The van der Waals surface area contributed by atoms with E-state index in [1.807, 2.05) is 27.7 Å². The molecular weight excluding hydrogens is 276 g/mol. The highest BCUT2D eigenvalue weighted by Gasteiger charge is 2.19. The molecule has 2 N–H and O–H groups in total. The number of carbonyl (C=O) groups is 1. The summed E-state index contributed by atoms with van der Waals surface area (Å²) in [5.41, 5.74) is 1.08. The lowest BCUT2D eigenvalue weighted by Crippen LogP contribution is -2.39. The number of hydrogen-bond acceptors (Lipinski definition) is 3. The first-order valence-electron chi connectivity index (χ1n) is 8.53. The molecule has 1 amide bonds. The lowest BCUT2D eigenvalue weighted by molar-refractivity contribution is 0.0506. The second-order valence-corrected chi connectivity index (χ2v) is 7.84. The van der Waals surface area contributed by atoms with Crippen molar-refractivity contribution in [1.82, 2.24) is 10.6 Å². The third-order valence-corrected chi connectivity index (χ3v) is 3.84. The van der Waals surface area contributed by atoms with Gasteiger partial charge in [-0.25, -0.2) is 4.79 Å². The molecule has 1 aliphatic carbocycles. The Labute approximate surface area is 136 Å². The van der Waals surface area contributed by atoms with Gasteiger partial charge in [-0.05, 0) is 78.8 Å². The zero-order valence-corrected chi connectivity index (χ0v) is 15.2. The summed E-state index contributed by atoms with van der Waals surface area (Å²) in [6, 6.07) is 0.120. The van der Waals surface area contributed by atoms with Crippen molar-refractivity contribution < 1.29 is 9.53 Å². The van der Waals surface area contributed by atoms with Gasteiger partial charge in [-0.3, -0.25) is 0 Å². The molecule has 1 aliphatic rings. The molecule has 0 fully saturated rings. The smallest absolute Gasteiger partial charge is 0.407 e. The van der Waals surface area contributed by atoms with Gasteiger partial charge in [0.1, 0.15) is 5.60 Å². The van der Waals surface area contributed by atoms with Crippen molar-refractivity contribution in [2.45, 2.75) is 72.4 Å². The summed E-state index contributed by atoms with van der Waals surface area (Å²) in [7, 11) is 0. The van der Waals surface area contributed by atoms with Gasteiger partial charge in [0.15, 0.2) is 0 Å². The van der Waals surface area contributed by atoms with E-state index >= 15 is 0 Å². The van der Waals surface area contributed by atoms with Gasteiger partial charge in [0, 0.05) is 6.04 Å². The summed E-state index contributed by atoms with van der Waals surface area (Å²) in [4.78, 5) is 11.7. The third-order valence-electron chi connectivity index (χ3n) is 3.84. The zero-order valence-electron chi connectivity index (χ0n) is 15.2. The lowest BCUT2D eigenvalue weighted by atomic mass is 9.84. The summed E-state index contributed by atoms with van der Waals surface area (Å²) in [5.74, 6) is 1.45. The van der Waals surface area contributed by atoms with E-state index in [9.17, 15) is 4.79 Å². The molecule has 0 saturated heterocycles. The maximum Gasteiger partial charge on any atom is 0.407 e. The molecular formula is C18H34N2O2. The van der Waals surface area contributed by atoms with Crippen molar-refractivity contribution in [2.24, 2.45) is 11.8 Å². The number of rotatable bonds is 6. The van der Waals surface area contributed by atoms with Gasteiger partial charge in [0.05, 0.1) is 0 Å². The Morgan fingerprint density at radius 2 is 2.14 bits per heavy atom. The first-order chi connectivity index (χ1) is 10.2. The van der Waals surface area contributed by atoms with E-state index in [1.165, 1.54) is 18.4 Å². The van der Waals surface area contributed by atoms with Gasteiger partial charge in [-0.15, -0.1) is 0 Å². The predicted molar refractivity (Wildman–Crippen MR) is 92.0 cm³/mol. The van der Waals surface area contributed by atoms with Gasteiger partial charge in [0.25, 0.3) is 0 Å². The van der Waals surface area contributed by atoms with E-state index in [1.54, 1.807) is 0 Å². The molecule has 0 saturated carbocycles. The minimum Gasteiger partial charge on any atom is -0.444 e. The van der Waals surface area contributed by atoms with Gasteiger partial charge in [-0.1, -0.05) is 18.6 Å². The molecule has 3 unspecified atom stereocenters. The zero-order chi connectivity index (χ0) is 16.8. The predicted octanol–water partition coefficient (Wildman–Crippen LogP) is 3.87. The lowest BCUT2D eigenvalue weighted by Gasteiger charge is -2.26. The average molecular weight is 310 g/mol. The van der Waals surface area contributed by atoms with Crippen LogP contribution in [0.5, 0.6) is 0 Å². The number of hydrogen-bond donors (Lipinski definition) is 2. The molecule has 3 atom stereocenters. The normalized spacial score (nSPS) is 23.6. The number of allylic oxidation sites excluding steroid dienone is 2. The second-order valence-electron chi connectivity index (χ2n) is 7.84. The average Bonchev–Trinajstić information content (AvgIpc) is 2.30. The van der Waals surface area contributed by atoms with E-state index in [2.05, 4.69) is 30.6 Å². The molecule has 0 aliphatic heterocycles. The highest BCUT2D eigenvalue weighted by Crippen LogP contribution is 2.27. The number of carbonyl (C=O) groups excluding carboxylic acids is 1. The molecule has 0 heterocycles. The number of alkyl carbamates (subject to hydrolysis) is 1. The van der Waals surface area contributed by atoms with E-state index in [-0.39, 0.29) is 12.1 Å². The Morgan fingerprint density at radius 1 is 1.45 bits per heavy atom. The van der Waals surface area contributed by atoms with Crippen LogP contribution in [-0.2, 0) is 4.74 Å². The maximum atomic E-state index is 11.7. The molecule has 0 aromatic rings. The number of amides is 1. The number of nitrogens with one attached hydrogen (secondary N) is 2. The molecule has 1 rings (SSSR count). The monoisotopic (exact) mass is 310 g/mol. The highest BCUT2D eigenvalue weighted by atomic mass is 16.6. The quantitative estimate of drug-likeness (QED) is 0.578. The van der Waals surface area contributed by atoms with Crippen LogP contribution in [0, 0.1) is 11.8 Å². The largest absolute Gasteiger partial charge is 0.444 e. The second kappa shape index (κ2) is 8.56. The molecule has 0 radical (unpaired) electrons. The molecule has 0 aromatic carbocycles. The standard InChI is InChI=1S/C18H34N2O2/c1-13-9-14(2)11-16(10-13)12-19-8-7-15(3)20-17(21)22-18(4,5)6/h9,13,15-16,19H,7-8,10-12H2,1-6H3,(H,20,21). The number of ether oxygens (including phenoxy) is 1. The van der Waals surface area contributed by atoms with Crippen LogP contribution < -0.4 is 10.6 Å². The third kappa shape index (κ3) is 8.42. The van der Waals surface area contributed by atoms with Crippen LogP contribution in [0.4, 0.5) is 4.79 Å². The molecule has 128 valence electrons. The van der Waals surface area contributed by atoms with E-state index in [4.69, 9.17) is 4.74 Å². The summed E-state index contributed by atoms with van der Waals surface area (Å²) in [6.45, 7) is 14.2. The Bertz CT molecular complexity index is 385. The molecule has 4 heteroatoms. The van der Waals surface area contributed by atoms with Crippen molar-refractivity contribution in [3.63, 3.8) is 0 Å². The topological polar surface area (TPSA) is 50.4 Å². The van der Waals surface area contributed by atoms with E-state index in [0.29, 0.717) is 5.92 Å². The van der Waals surface area contributed by atoms with Crippen molar-refractivity contribution in [3.05, 3.63) is 11.6 Å². The van der Waals surface area contributed by atoms with Gasteiger partial charge in [0.2, 0.25) is 0 Å². The summed E-state index contributed by atoms with van der Waals surface area (Å²) in [5, 5.41) is 6.41. The Kier molecular flexibility index (Phi) is 7.40. The summed E-state index contributed by atoms with van der Waals surface area (Å²) < 4.78 is 5.26. The van der Waals surface area contributed by atoms with E-state index < -0.39 is 5.60 Å². The van der Waals surface area contributed by atoms with Crippen LogP contribution in [0.15, 0.2) is 11.6 Å². The first-order valence-corrected chi connectivity index (χ1v) is 8.53. The van der Waals surface area contributed by atoms with Crippen LogP contribution in [0.1, 0.15) is 60.8 Å². The van der Waals surface area contributed by atoms with Crippen molar-refractivity contribution in [1.29, 1.82) is 0 Å². The maximum absolute atomic E-state index is 11.7. The van der Waals surface area contributed by atoms with Crippen molar-refractivity contribution in [2.75, 3.05) is 13.1 Å². The molecule has 0 bridgehead atoms. The van der Waals surface area contributed by atoms with Crippen LogP contribution >= 0.6 is 0 Å². The first kappa shape index (κ1) is 19.0. The molecule has 0 aromatic heterocycles. The molecule has 4 nitrogen and oxygen atoms in total. The van der Waals surface area contributed by atoms with Gasteiger partial charge < -0.3 is 15.4 Å². The fraction of sp³-hybridized carbons (Fsp3) is 0.833. The Hall–Kier alpha value is -1.03. The summed E-state index contributed by atoms with van der Waals surface area (Å²) >= 11 is 0. The Balaban J connectivity index is 2.14. The SMILES string of the molecule is CC1=CC(C)CC(CNCCC(C)NC(=O)OC(C)(C)C)C1. The van der Waals surface area contributed by atoms with Gasteiger partial charge in [-0.2, -0.15) is 0 Å². The van der Waals surface area contributed by atoms with Crippen LogP contribution in [-0.4, -0.2) is 30.8 Å². The van der Waals surface area contributed by atoms with Crippen LogP contribution in [0.25, 0.3) is 0 Å².